The Morgan fingerprint density at radius 3 is 2.53 bits per heavy atom. The summed E-state index contributed by atoms with van der Waals surface area (Å²) in [4.78, 5) is 14.4. The lowest BCUT2D eigenvalue weighted by Crippen LogP contribution is -2.36. The molecule has 0 radical (unpaired) electrons. The number of amides is 1. The van der Waals surface area contributed by atoms with Crippen molar-refractivity contribution in [3.05, 3.63) is 35.9 Å². The van der Waals surface area contributed by atoms with Crippen molar-refractivity contribution in [2.75, 3.05) is 0 Å². The van der Waals surface area contributed by atoms with Crippen LogP contribution in [-0.2, 0) is 11.3 Å². The molecule has 2 rings (SSSR count). The Kier molecular flexibility index (Phi) is 3.82. The molecule has 0 aromatic heterocycles. The van der Waals surface area contributed by atoms with Crippen molar-refractivity contribution in [1.29, 1.82) is 0 Å². The van der Waals surface area contributed by atoms with E-state index in [1.807, 2.05) is 25.1 Å². The Morgan fingerprint density at radius 2 is 2.00 bits per heavy atom. The fraction of sp³-hybridized carbons (Fsp3) is 0.533. The molecule has 17 heavy (non-hydrogen) atoms. The van der Waals surface area contributed by atoms with Gasteiger partial charge in [-0.1, -0.05) is 44.2 Å². The molecule has 2 nitrogen and oxygen atoms in total. The van der Waals surface area contributed by atoms with Crippen LogP contribution in [0, 0.1) is 5.92 Å². The number of hydrogen-bond donors (Lipinski definition) is 0. The molecule has 0 spiro atoms. The average Bonchev–Trinajstić information content (AvgIpc) is 3.19. The smallest absolute Gasteiger partial charge is 0.225 e. The Bertz CT molecular complexity index is 370. The summed E-state index contributed by atoms with van der Waals surface area (Å²) in [5.74, 6) is 0.471. The highest BCUT2D eigenvalue weighted by molar-refractivity contribution is 5.79. The standard InChI is InChI=1S/C15H21NO/c1-3-12(2)15(17)16(14-9-10-14)11-13-7-5-4-6-8-13/h4-8,12,14H,3,9-11H2,1-2H3. The Morgan fingerprint density at radius 1 is 1.35 bits per heavy atom. The van der Waals surface area contributed by atoms with Gasteiger partial charge in [0.15, 0.2) is 0 Å². The normalized spacial score (nSPS) is 16.6. The summed E-state index contributed by atoms with van der Waals surface area (Å²) >= 11 is 0. The largest absolute Gasteiger partial charge is 0.335 e. The van der Waals surface area contributed by atoms with Gasteiger partial charge in [0.2, 0.25) is 5.91 Å². The SMILES string of the molecule is CCC(C)C(=O)N(Cc1ccccc1)C1CC1. The van der Waals surface area contributed by atoms with Crippen molar-refractivity contribution >= 4 is 5.91 Å². The predicted octanol–water partition coefficient (Wildman–Crippen LogP) is 3.22. The van der Waals surface area contributed by atoms with E-state index in [9.17, 15) is 4.79 Å². The number of carbonyl (C=O) groups excluding carboxylic acids is 1. The highest BCUT2D eigenvalue weighted by atomic mass is 16.2. The van der Waals surface area contributed by atoms with Crippen LogP contribution in [0.25, 0.3) is 0 Å². The minimum atomic E-state index is 0.152. The summed E-state index contributed by atoms with van der Waals surface area (Å²) in [6.07, 6.45) is 3.28. The second-order valence-electron chi connectivity index (χ2n) is 4.99. The minimum absolute atomic E-state index is 0.152. The lowest BCUT2D eigenvalue weighted by atomic mass is 10.1. The molecule has 1 saturated carbocycles. The van der Waals surface area contributed by atoms with Crippen LogP contribution in [0.3, 0.4) is 0 Å². The molecule has 1 amide bonds. The number of nitrogens with zero attached hydrogens (tertiary/aromatic N) is 1. The third-order valence-corrected chi connectivity index (χ3v) is 3.50. The van der Waals surface area contributed by atoms with Gasteiger partial charge in [-0.15, -0.1) is 0 Å². The maximum absolute atomic E-state index is 12.3. The molecule has 1 aromatic rings. The molecule has 2 heteroatoms. The maximum Gasteiger partial charge on any atom is 0.225 e. The van der Waals surface area contributed by atoms with Crippen molar-refractivity contribution in [3.8, 4) is 0 Å². The lowest BCUT2D eigenvalue weighted by Gasteiger charge is -2.25. The van der Waals surface area contributed by atoms with Crippen molar-refractivity contribution in [3.63, 3.8) is 0 Å². The Balaban J connectivity index is 2.05. The first kappa shape index (κ1) is 12.2. The quantitative estimate of drug-likeness (QED) is 0.762. The molecule has 1 unspecified atom stereocenters. The van der Waals surface area contributed by atoms with Gasteiger partial charge in [-0.05, 0) is 24.8 Å². The first-order valence-electron chi connectivity index (χ1n) is 6.56. The van der Waals surface area contributed by atoms with E-state index in [0.29, 0.717) is 11.9 Å². The first-order valence-corrected chi connectivity index (χ1v) is 6.56. The molecule has 1 atom stereocenters. The van der Waals surface area contributed by atoms with Crippen LogP contribution in [0.2, 0.25) is 0 Å². The Labute approximate surface area is 104 Å². The number of rotatable bonds is 5. The van der Waals surface area contributed by atoms with Crippen LogP contribution < -0.4 is 0 Å². The van der Waals surface area contributed by atoms with Gasteiger partial charge in [-0.3, -0.25) is 4.79 Å². The summed E-state index contributed by atoms with van der Waals surface area (Å²) in [6, 6.07) is 10.8. The second-order valence-corrected chi connectivity index (χ2v) is 4.99. The van der Waals surface area contributed by atoms with Gasteiger partial charge in [0.05, 0.1) is 0 Å². The number of benzene rings is 1. The molecule has 1 aliphatic rings. The van der Waals surface area contributed by atoms with Crippen LogP contribution in [0.15, 0.2) is 30.3 Å². The highest BCUT2D eigenvalue weighted by Gasteiger charge is 2.33. The van der Waals surface area contributed by atoms with Crippen LogP contribution in [0.1, 0.15) is 38.7 Å². The summed E-state index contributed by atoms with van der Waals surface area (Å²) in [6.45, 7) is 4.88. The molecule has 0 bridgehead atoms. The van der Waals surface area contributed by atoms with Crippen LogP contribution in [0.5, 0.6) is 0 Å². The van der Waals surface area contributed by atoms with E-state index in [2.05, 4.69) is 24.0 Å². The lowest BCUT2D eigenvalue weighted by molar-refractivity contribution is -0.136. The zero-order valence-corrected chi connectivity index (χ0v) is 10.7. The third kappa shape index (κ3) is 3.09. The van der Waals surface area contributed by atoms with Gasteiger partial charge in [0.1, 0.15) is 0 Å². The molecule has 0 saturated heterocycles. The van der Waals surface area contributed by atoms with E-state index in [0.717, 1.165) is 13.0 Å². The van der Waals surface area contributed by atoms with Gasteiger partial charge in [-0.2, -0.15) is 0 Å². The molecule has 92 valence electrons. The van der Waals surface area contributed by atoms with Gasteiger partial charge in [0.25, 0.3) is 0 Å². The molecule has 1 fully saturated rings. The second kappa shape index (κ2) is 5.35. The monoisotopic (exact) mass is 231 g/mol. The van der Waals surface area contributed by atoms with E-state index in [4.69, 9.17) is 0 Å². The van der Waals surface area contributed by atoms with Crippen LogP contribution in [0.4, 0.5) is 0 Å². The molecular weight excluding hydrogens is 210 g/mol. The van der Waals surface area contributed by atoms with E-state index in [1.165, 1.54) is 18.4 Å². The molecule has 0 N–H and O–H groups in total. The summed E-state index contributed by atoms with van der Waals surface area (Å²) in [5, 5.41) is 0. The topological polar surface area (TPSA) is 20.3 Å². The Hall–Kier alpha value is -1.31. The van der Waals surface area contributed by atoms with Crippen molar-refractivity contribution in [2.45, 2.75) is 45.7 Å². The zero-order chi connectivity index (χ0) is 12.3. The minimum Gasteiger partial charge on any atom is -0.335 e. The van der Waals surface area contributed by atoms with E-state index >= 15 is 0 Å². The van der Waals surface area contributed by atoms with E-state index in [-0.39, 0.29) is 5.92 Å². The van der Waals surface area contributed by atoms with E-state index < -0.39 is 0 Å². The summed E-state index contributed by atoms with van der Waals surface area (Å²) < 4.78 is 0. The molecular formula is C15H21NO. The predicted molar refractivity (Wildman–Crippen MR) is 69.5 cm³/mol. The molecule has 0 heterocycles. The first-order chi connectivity index (χ1) is 8.22. The van der Waals surface area contributed by atoms with Gasteiger partial charge < -0.3 is 4.90 Å². The van der Waals surface area contributed by atoms with Crippen LogP contribution >= 0.6 is 0 Å². The number of hydrogen-bond acceptors (Lipinski definition) is 1. The van der Waals surface area contributed by atoms with Crippen molar-refractivity contribution in [1.82, 2.24) is 4.90 Å². The molecule has 0 aliphatic heterocycles. The molecule has 1 aliphatic carbocycles. The van der Waals surface area contributed by atoms with E-state index in [1.54, 1.807) is 0 Å². The van der Waals surface area contributed by atoms with Gasteiger partial charge in [-0.25, -0.2) is 0 Å². The number of carbonyl (C=O) groups is 1. The fourth-order valence-corrected chi connectivity index (χ4v) is 2.01. The van der Waals surface area contributed by atoms with Crippen LogP contribution in [-0.4, -0.2) is 16.8 Å². The third-order valence-electron chi connectivity index (χ3n) is 3.50. The fourth-order valence-electron chi connectivity index (χ4n) is 2.01. The van der Waals surface area contributed by atoms with Crippen molar-refractivity contribution < 1.29 is 4.79 Å². The molecule has 1 aromatic carbocycles. The van der Waals surface area contributed by atoms with Gasteiger partial charge >= 0.3 is 0 Å². The highest BCUT2D eigenvalue weighted by Crippen LogP contribution is 2.30. The summed E-state index contributed by atoms with van der Waals surface area (Å²) in [5.41, 5.74) is 1.23. The van der Waals surface area contributed by atoms with Crippen molar-refractivity contribution in [2.24, 2.45) is 5.92 Å². The van der Waals surface area contributed by atoms with Gasteiger partial charge in [0, 0.05) is 18.5 Å². The maximum atomic E-state index is 12.3. The summed E-state index contributed by atoms with van der Waals surface area (Å²) in [7, 11) is 0. The average molecular weight is 231 g/mol. The zero-order valence-electron chi connectivity index (χ0n) is 10.7.